The van der Waals surface area contributed by atoms with Gasteiger partial charge in [0.25, 0.3) is 0 Å². The van der Waals surface area contributed by atoms with E-state index < -0.39 is 11.7 Å². The maximum absolute atomic E-state index is 13.2. The lowest BCUT2D eigenvalue weighted by Crippen LogP contribution is -2.26. The number of hydrazine groups is 1. The van der Waals surface area contributed by atoms with Gasteiger partial charge in [-0.3, -0.25) is 0 Å². The van der Waals surface area contributed by atoms with Crippen LogP contribution in [0.25, 0.3) is 5.70 Å². The predicted molar refractivity (Wildman–Crippen MR) is 154 cm³/mol. The molecule has 0 saturated heterocycles. The van der Waals surface area contributed by atoms with Crippen LogP contribution < -0.4 is 16.9 Å². The third-order valence-corrected chi connectivity index (χ3v) is 5.83. The Hall–Kier alpha value is -2.51. The number of nitrogen functional groups attached to an aromatic ring is 1. The summed E-state index contributed by atoms with van der Waals surface area (Å²) in [4.78, 5) is 0. The summed E-state index contributed by atoms with van der Waals surface area (Å²) in [5.74, 6) is 6.35. The van der Waals surface area contributed by atoms with Gasteiger partial charge in [0.15, 0.2) is 0 Å². The number of alkyl halides is 3. The van der Waals surface area contributed by atoms with Crippen LogP contribution in [0.3, 0.4) is 0 Å². The lowest BCUT2D eigenvalue weighted by atomic mass is 9.86. The molecular weight excluding hydrogens is 473 g/mol. The molecule has 3 rings (SSSR count). The number of para-hydroxylation sites is 1. The molecule has 1 fully saturated rings. The molecule has 4 nitrogen and oxygen atoms in total. The van der Waals surface area contributed by atoms with Crippen molar-refractivity contribution in [3.05, 3.63) is 71.3 Å². The van der Waals surface area contributed by atoms with E-state index in [1.165, 1.54) is 42.0 Å². The number of nitrogens with zero attached hydrogens (tertiary/aromatic N) is 1. The van der Waals surface area contributed by atoms with Gasteiger partial charge in [0.1, 0.15) is 0 Å². The first-order chi connectivity index (χ1) is 17.6. The van der Waals surface area contributed by atoms with Crippen LogP contribution >= 0.6 is 0 Å². The number of rotatable bonds is 6. The fourth-order valence-corrected chi connectivity index (χ4v) is 4.13. The molecule has 2 aromatic rings. The minimum Gasteiger partial charge on any atom is -0.399 e. The van der Waals surface area contributed by atoms with Crippen LogP contribution in [0.15, 0.2) is 54.6 Å². The number of benzene rings is 2. The highest BCUT2D eigenvalue weighted by Crippen LogP contribution is 2.36. The molecule has 0 aromatic heterocycles. The van der Waals surface area contributed by atoms with Crippen molar-refractivity contribution in [2.45, 2.75) is 78.3 Å². The van der Waals surface area contributed by atoms with Gasteiger partial charge in [-0.2, -0.15) is 13.2 Å². The standard InChI is InChI=1S/C17H23F3N2.C9H13N.C2H7N.C2H6/c1-22(21)16(12-11-13-7-3-2-4-8-13)14-9-5-6-10-15(14)17(18,19)20;1-2-5-8-6-3-4-7-9(8)10;1-3-2;1-2/h5-6,9-10,12-13H,2-4,7-8,11,21H2,1H3;3-4,6-7H,2,5,10H2,1H3;3H,1-2H3;1-2H3/b16-12-;;;. The maximum Gasteiger partial charge on any atom is 0.417 e. The summed E-state index contributed by atoms with van der Waals surface area (Å²) in [5, 5.41) is 4.04. The Morgan fingerprint density at radius 2 is 1.54 bits per heavy atom. The van der Waals surface area contributed by atoms with Crippen LogP contribution in [0.5, 0.6) is 0 Å². The summed E-state index contributed by atoms with van der Waals surface area (Å²) in [6, 6.07) is 13.6. The van der Waals surface area contributed by atoms with Crippen molar-refractivity contribution < 1.29 is 13.2 Å². The summed E-state index contributed by atoms with van der Waals surface area (Å²) in [6.07, 6.45) is 6.51. The van der Waals surface area contributed by atoms with Crippen LogP contribution in [-0.2, 0) is 12.6 Å². The lowest BCUT2D eigenvalue weighted by molar-refractivity contribution is -0.137. The van der Waals surface area contributed by atoms with Gasteiger partial charge in [-0.15, -0.1) is 0 Å². The van der Waals surface area contributed by atoms with Crippen molar-refractivity contribution in [2.24, 2.45) is 11.8 Å². The fourth-order valence-electron chi connectivity index (χ4n) is 4.13. The molecule has 1 aliphatic carbocycles. The maximum atomic E-state index is 13.2. The molecule has 0 atom stereocenters. The molecule has 1 saturated carbocycles. The summed E-state index contributed by atoms with van der Waals surface area (Å²) < 4.78 is 39.5. The molecule has 1 aliphatic rings. The Bertz CT molecular complexity index is 873. The van der Waals surface area contributed by atoms with E-state index in [1.807, 2.05) is 52.2 Å². The van der Waals surface area contributed by atoms with Crippen LogP contribution in [0.4, 0.5) is 18.9 Å². The molecule has 0 spiro atoms. The van der Waals surface area contributed by atoms with E-state index in [1.54, 1.807) is 13.1 Å². The second-order valence-electron chi connectivity index (χ2n) is 8.93. The van der Waals surface area contributed by atoms with Gasteiger partial charge >= 0.3 is 6.18 Å². The molecule has 0 bridgehead atoms. The number of hydrogen-bond donors (Lipinski definition) is 3. The van der Waals surface area contributed by atoms with Crippen molar-refractivity contribution in [1.29, 1.82) is 0 Å². The van der Waals surface area contributed by atoms with Crippen molar-refractivity contribution in [3.63, 3.8) is 0 Å². The highest BCUT2D eigenvalue weighted by atomic mass is 19.4. The minimum atomic E-state index is -4.38. The second kappa shape index (κ2) is 19.6. The SMILES string of the molecule is CC.CCCc1ccccc1N.CN(N)/C(=C\CC1CCCCC1)c1ccccc1C(F)(F)F.CNC. The Labute approximate surface area is 223 Å². The zero-order valence-corrected chi connectivity index (χ0v) is 23.7. The number of nitrogens with two attached hydrogens (primary N) is 2. The topological polar surface area (TPSA) is 67.3 Å². The molecule has 2 aromatic carbocycles. The molecule has 7 heteroatoms. The fraction of sp³-hybridized carbons (Fsp3) is 0.533. The number of halogens is 3. The van der Waals surface area contributed by atoms with Crippen LogP contribution in [0, 0.1) is 5.92 Å². The first-order valence-corrected chi connectivity index (χ1v) is 13.4. The van der Waals surface area contributed by atoms with Crippen molar-refractivity contribution in [1.82, 2.24) is 10.3 Å². The third kappa shape index (κ3) is 13.6. The molecule has 37 heavy (non-hydrogen) atoms. The number of hydrogen-bond acceptors (Lipinski definition) is 4. The summed E-state index contributed by atoms with van der Waals surface area (Å²) in [6.45, 7) is 6.16. The monoisotopic (exact) mass is 522 g/mol. The first kappa shape index (κ1) is 34.5. The van der Waals surface area contributed by atoms with Gasteiger partial charge in [0, 0.05) is 18.3 Å². The van der Waals surface area contributed by atoms with E-state index >= 15 is 0 Å². The van der Waals surface area contributed by atoms with E-state index in [2.05, 4.69) is 18.3 Å². The van der Waals surface area contributed by atoms with Crippen molar-refractivity contribution >= 4 is 11.4 Å². The molecule has 210 valence electrons. The molecule has 0 radical (unpaired) electrons. The molecule has 0 unspecified atom stereocenters. The largest absolute Gasteiger partial charge is 0.417 e. The van der Waals surface area contributed by atoms with Crippen molar-refractivity contribution in [2.75, 3.05) is 26.9 Å². The van der Waals surface area contributed by atoms with E-state index in [-0.39, 0.29) is 5.56 Å². The average Bonchev–Trinajstić information content (AvgIpc) is 2.88. The summed E-state index contributed by atoms with van der Waals surface area (Å²) in [7, 11) is 5.33. The normalized spacial score (nSPS) is 13.7. The minimum absolute atomic E-state index is 0.149. The number of anilines is 1. The lowest BCUT2D eigenvalue weighted by Gasteiger charge is -2.24. The van der Waals surface area contributed by atoms with Gasteiger partial charge in [-0.05, 0) is 50.6 Å². The van der Waals surface area contributed by atoms with Gasteiger partial charge in [-0.1, -0.05) is 102 Å². The Kier molecular flexibility index (Phi) is 18.3. The zero-order chi connectivity index (χ0) is 28.3. The second-order valence-corrected chi connectivity index (χ2v) is 8.93. The molecule has 0 aliphatic heterocycles. The van der Waals surface area contributed by atoms with Gasteiger partial charge < -0.3 is 16.1 Å². The van der Waals surface area contributed by atoms with Crippen LogP contribution in [0.2, 0.25) is 0 Å². The zero-order valence-electron chi connectivity index (χ0n) is 23.7. The van der Waals surface area contributed by atoms with Gasteiger partial charge in [0.05, 0.1) is 11.3 Å². The highest BCUT2D eigenvalue weighted by Gasteiger charge is 2.34. The van der Waals surface area contributed by atoms with Crippen LogP contribution in [0.1, 0.15) is 82.4 Å². The van der Waals surface area contributed by atoms with Crippen LogP contribution in [-0.4, -0.2) is 26.2 Å². The average molecular weight is 523 g/mol. The Balaban J connectivity index is 0.000000717. The van der Waals surface area contributed by atoms with E-state index in [0.29, 0.717) is 11.6 Å². The van der Waals surface area contributed by atoms with Crippen molar-refractivity contribution in [3.8, 4) is 0 Å². The third-order valence-electron chi connectivity index (χ3n) is 5.83. The smallest absolute Gasteiger partial charge is 0.399 e. The summed E-state index contributed by atoms with van der Waals surface area (Å²) in [5.41, 5.74) is 7.85. The van der Waals surface area contributed by atoms with Gasteiger partial charge in [0.2, 0.25) is 0 Å². The molecular formula is C30H49F3N4. The van der Waals surface area contributed by atoms with E-state index in [0.717, 1.165) is 43.9 Å². The Morgan fingerprint density at radius 3 is 2.05 bits per heavy atom. The molecule has 0 heterocycles. The Morgan fingerprint density at radius 1 is 1.00 bits per heavy atom. The predicted octanol–water partition coefficient (Wildman–Crippen LogP) is 7.91. The molecule has 5 N–H and O–H groups in total. The first-order valence-electron chi connectivity index (χ1n) is 13.4. The van der Waals surface area contributed by atoms with E-state index in [9.17, 15) is 13.2 Å². The van der Waals surface area contributed by atoms with Gasteiger partial charge in [-0.25, -0.2) is 5.84 Å². The highest BCUT2D eigenvalue weighted by molar-refractivity contribution is 5.67. The number of nitrogens with one attached hydrogen (secondary N) is 1. The number of aryl methyl sites for hydroxylation is 1. The van der Waals surface area contributed by atoms with E-state index in [4.69, 9.17) is 11.6 Å². The quantitative estimate of drug-likeness (QED) is 0.205. The summed E-state index contributed by atoms with van der Waals surface area (Å²) >= 11 is 0. The molecule has 0 amide bonds. The number of allylic oxidation sites excluding steroid dienone is 1.